The number of alkyl halides is 5. The molecule has 1 heterocycles. The molecular formula is C23H31F5N2O5S. The second-order valence-electron chi connectivity index (χ2n) is 9.74. The zero-order chi connectivity index (χ0) is 27.1. The summed E-state index contributed by atoms with van der Waals surface area (Å²) in [7, 11) is -3.16. The van der Waals surface area contributed by atoms with Crippen LogP contribution < -0.4 is 9.64 Å². The summed E-state index contributed by atoms with van der Waals surface area (Å²) in [6.45, 7) is 1.35. The van der Waals surface area contributed by atoms with Gasteiger partial charge in [0, 0.05) is 38.2 Å². The van der Waals surface area contributed by atoms with Crippen LogP contribution in [-0.2, 0) is 21.0 Å². The van der Waals surface area contributed by atoms with Gasteiger partial charge in [-0.15, -0.1) is 0 Å². The first-order chi connectivity index (χ1) is 16.5. The molecule has 36 heavy (non-hydrogen) atoms. The Morgan fingerprint density at radius 3 is 2.33 bits per heavy atom. The van der Waals surface area contributed by atoms with Crippen molar-refractivity contribution in [3.8, 4) is 5.75 Å². The fraction of sp³-hybridized carbons (Fsp3) is 0.696. The van der Waals surface area contributed by atoms with E-state index in [4.69, 9.17) is 9.84 Å². The zero-order valence-corrected chi connectivity index (χ0v) is 21.1. The molecule has 7 nitrogen and oxygen atoms in total. The number of carbonyl (C=O) groups is 1. The average molecular weight is 543 g/mol. The first kappa shape index (κ1) is 28.4. The van der Waals surface area contributed by atoms with E-state index in [-0.39, 0.29) is 24.7 Å². The number of hydrogen-bond donors (Lipinski definition) is 1. The van der Waals surface area contributed by atoms with Crippen LogP contribution in [0, 0.1) is 5.92 Å². The van der Waals surface area contributed by atoms with Crippen molar-refractivity contribution in [1.29, 1.82) is 0 Å². The maximum atomic E-state index is 14.0. The first-order valence-corrected chi connectivity index (χ1v) is 13.2. The van der Waals surface area contributed by atoms with Crippen molar-refractivity contribution >= 4 is 21.7 Å². The molecule has 1 aliphatic carbocycles. The molecule has 2 aliphatic rings. The van der Waals surface area contributed by atoms with Crippen molar-refractivity contribution in [2.24, 2.45) is 5.92 Å². The number of anilines is 1. The number of fused-ring (bicyclic) bond motifs is 1. The number of halogens is 5. The third-order valence-electron chi connectivity index (χ3n) is 6.85. The Hall–Kier alpha value is -2.15. The number of hydrogen-bond acceptors (Lipinski definition) is 5. The quantitative estimate of drug-likeness (QED) is 0.466. The summed E-state index contributed by atoms with van der Waals surface area (Å²) in [5.41, 5.74) is -1.37. The molecule has 13 heteroatoms. The van der Waals surface area contributed by atoms with Gasteiger partial charge in [0.25, 0.3) is 0 Å². The molecule has 1 N–H and O–H groups in total. The van der Waals surface area contributed by atoms with Crippen molar-refractivity contribution in [3.63, 3.8) is 0 Å². The number of sulfonamides is 1. The number of carboxylic acid groups (broad SMARTS) is 1. The molecule has 1 aliphatic heterocycles. The SMILES string of the molecule is C[C@H](COc1cc2c(cc1C(F)(F)F)N(C1CCCC1)C[C@@H](CCC(C)(F)F)N(C)S2(=O)=O)C(=O)O. The molecule has 1 aromatic carbocycles. The van der Waals surface area contributed by atoms with E-state index in [1.165, 1.54) is 14.0 Å². The van der Waals surface area contributed by atoms with E-state index in [2.05, 4.69) is 0 Å². The van der Waals surface area contributed by atoms with E-state index in [0.717, 1.165) is 36.2 Å². The van der Waals surface area contributed by atoms with E-state index in [9.17, 15) is 35.2 Å². The van der Waals surface area contributed by atoms with Crippen LogP contribution in [0.5, 0.6) is 5.75 Å². The average Bonchev–Trinajstić information content (AvgIpc) is 3.27. The van der Waals surface area contributed by atoms with Gasteiger partial charge in [-0.3, -0.25) is 4.79 Å². The molecule has 1 aromatic rings. The summed E-state index contributed by atoms with van der Waals surface area (Å²) in [4.78, 5) is 12.3. The van der Waals surface area contributed by atoms with Crippen LogP contribution in [0.1, 0.15) is 57.9 Å². The van der Waals surface area contributed by atoms with Crippen LogP contribution in [0.15, 0.2) is 17.0 Å². The highest BCUT2D eigenvalue weighted by atomic mass is 32.2. The third-order valence-corrected chi connectivity index (χ3v) is 8.79. The number of likely N-dealkylation sites (N-methyl/N-ethyl adjacent to an activating group) is 1. The van der Waals surface area contributed by atoms with Crippen LogP contribution in [0.3, 0.4) is 0 Å². The molecule has 0 amide bonds. The van der Waals surface area contributed by atoms with Crippen molar-refractivity contribution < 1.29 is 45.0 Å². The number of benzene rings is 1. The highest BCUT2D eigenvalue weighted by Crippen LogP contribution is 2.45. The lowest BCUT2D eigenvalue weighted by molar-refractivity contribution is -0.142. The van der Waals surface area contributed by atoms with Gasteiger partial charge in [-0.1, -0.05) is 12.8 Å². The molecule has 0 unspecified atom stereocenters. The number of nitrogens with zero attached hydrogens (tertiary/aromatic N) is 2. The van der Waals surface area contributed by atoms with Crippen molar-refractivity contribution in [3.05, 3.63) is 17.7 Å². The third kappa shape index (κ3) is 6.21. The van der Waals surface area contributed by atoms with Gasteiger partial charge in [0.2, 0.25) is 15.9 Å². The summed E-state index contributed by atoms with van der Waals surface area (Å²) in [6, 6.07) is 0.392. The van der Waals surface area contributed by atoms with Crippen molar-refractivity contribution in [2.75, 3.05) is 25.1 Å². The van der Waals surface area contributed by atoms with E-state index in [1.807, 2.05) is 0 Å². The number of rotatable bonds is 8. The highest BCUT2D eigenvalue weighted by molar-refractivity contribution is 7.89. The largest absolute Gasteiger partial charge is 0.492 e. The summed E-state index contributed by atoms with van der Waals surface area (Å²) >= 11 is 0. The Morgan fingerprint density at radius 1 is 1.19 bits per heavy atom. The molecule has 0 spiro atoms. The number of carboxylic acids is 1. The van der Waals surface area contributed by atoms with Crippen LogP contribution >= 0.6 is 0 Å². The highest BCUT2D eigenvalue weighted by Gasteiger charge is 2.43. The number of ether oxygens (including phenoxy) is 1. The van der Waals surface area contributed by atoms with Gasteiger partial charge in [0.1, 0.15) is 17.3 Å². The number of aliphatic carboxylic acids is 1. The van der Waals surface area contributed by atoms with Gasteiger partial charge in [0.05, 0.1) is 17.2 Å². The molecule has 1 fully saturated rings. The van der Waals surface area contributed by atoms with Crippen LogP contribution in [-0.4, -0.2) is 62.0 Å². The van der Waals surface area contributed by atoms with Gasteiger partial charge in [0.15, 0.2) is 0 Å². The first-order valence-electron chi connectivity index (χ1n) is 11.8. The topological polar surface area (TPSA) is 87.2 Å². The van der Waals surface area contributed by atoms with Crippen LogP contribution in [0.2, 0.25) is 0 Å². The van der Waals surface area contributed by atoms with Crippen molar-refractivity contribution in [2.45, 2.75) is 81.5 Å². The fourth-order valence-corrected chi connectivity index (χ4v) is 6.23. The van der Waals surface area contributed by atoms with E-state index < -0.39 is 69.3 Å². The molecule has 3 rings (SSSR count). The Balaban J connectivity index is 2.16. The molecule has 0 aromatic heterocycles. The predicted octanol–water partition coefficient (Wildman–Crippen LogP) is 4.99. The van der Waals surface area contributed by atoms with Gasteiger partial charge in [-0.25, -0.2) is 17.2 Å². The summed E-state index contributed by atoms with van der Waals surface area (Å²) in [5, 5.41) is 9.06. The van der Waals surface area contributed by atoms with Gasteiger partial charge in [-0.05, 0) is 39.2 Å². The maximum absolute atomic E-state index is 14.0. The minimum Gasteiger partial charge on any atom is -0.492 e. The minimum atomic E-state index is -4.91. The zero-order valence-electron chi connectivity index (χ0n) is 20.3. The Labute approximate surface area is 207 Å². The van der Waals surface area contributed by atoms with E-state index in [0.29, 0.717) is 12.8 Å². The smallest absolute Gasteiger partial charge is 0.420 e. The molecule has 0 saturated heterocycles. The molecule has 2 atom stereocenters. The fourth-order valence-electron chi connectivity index (χ4n) is 4.65. The Bertz CT molecular complexity index is 1070. The molecule has 0 bridgehead atoms. The predicted molar refractivity (Wildman–Crippen MR) is 122 cm³/mol. The lowest BCUT2D eigenvalue weighted by Gasteiger charge is -2.34. The lowest BCUT2D eigenvalue weighted by atomic mass is 10.0. The van der Waals surface area contributed by atoms with Gasteiger partial charge < -0.3 is 14.7 Å². The second-order valence-corrected chi connectivity index (χ2v) is 11.7. The summed E-state index contributed by atoms with van der Waals surface area (Å²) in [6.07, 6.45) is -2.77. The van der Waals surface area contributed by atoms with Gasteiger partial charge >= 0.3 is 12.1 Å². The van der Waals surface area contributed by atoms with Crippen molar-refractivity contribution in [1.82, 2.24) is 4.31 Å². The Morgan fingerprint density at radius 2 is 1.81 bits per heavy atom. The monoisotopic (exact) mass is 542 g/mol. The van der Waals surface area contributed by atoms with Crippen LogP contribution in [0.25, 0.3) is 0 Å². The Kier molecular flexibility index (Phi) is 8.14. The molecule has 0 radical (unpaired) electrons. The second kappa shape index (κ2) is 10.3. The summed E-state index contributed by atoms with van der Waals surface area (Å²) in [5.74, 6) is -6.25. The van der Waals surface area contributed by atoms with E-state index in [1.54, 1.807) is 4.90 Å². The lowest BCUT2D eigenvalue weighted by Crippen LogP contribution is -2.45. The van der Waals surface area contributed by atoms with Crippen LogP contribution in [0.4, 0.5) is 27.6 Å². The molecule has 1 saturated carbocycles. The summed E-state index contributed by atoms with van der Waals surface area (Å²) < 4.78 is 103. The normalized spacial score (nSPS) is 22.2. The van der Waals surface area contributed by atoms with Gasteiger partial charge in [-0.2, -0.15) is 17.5 Å². The maximum Gasteiger partial charge on any atom is 0.420 e. The molecular weight excluding hydrogens is 511 g/mol. The molecule has 204 valence electrons. The minimum absolute atomic E-state index is 0.0307. The van der Waals surface area contributed by atoms with E-state index >= 15 is 0 Å². The standard InChI is InChI=1S/C23H31F5N2O5S/c1-14(21(31)32)13-35-19-11-20-18(10-17(19)23(26,27)28)30(15-6-4-5-7-15)12-16(8-9-22(2,24)25)29(3)36(20,33)34/h10-11,14-16H,4-9,12-13H2,1-3H3,(H,31,32)/t14-,16-/m1/s1.